The number of aromatic amines is 1. The summed E-state index contributed by atoms with van der Waals surface area (Å²) in [4.78, 5) is 32.6. The quantitative estimate of drug-likeness (QED) is 0.461. The second kappa shape index (κ2) is 5.62. The van der Waals surface area contributed by atoms with Gasteiger partial charge in [-0.25, -0.2) is 4.98 Å². The molecule has 0 aliphatic heterocycles. The highest BCUT2D eigenvalue weighted by Gasteiger charge is 2.22. The Morgan fingerprint density at radius 2 is 1.88 bits per heavy atom. The van der Waals surface area contributed by atoms with Gasteiger partial charge in [0.25, 0.3) is 5.56 Å². The molecular weight excluding hydrogens is 326 g/mol. The van der Waals surface area contributed by atoms with Gasteiger partial charge in [0.05, 0.1) is 16.8 Å². The smallest absolute Gasteiger partial charge is 0.261 e. The van der Waals surface area contributed by atoms with Gasteiger partial charge < -0.3 is 9.38 Å². The van der Waals surface area contributed by atoms with E-state index in [0.29, 0.717) is 33.5 Å². The number of hydrogen-bond acceptors (Lipinski definition) is 3. The molecule has 118 valence electrons. The molecular formula is C18H12ClN3O2. The highest BCUT2D eigenvalue weighted by Crippen LogP contribution is 2.25. The summed E-state index contributed by atoms with van der Waals surface area (Å²) in [6, 6.07) is 14.4. The van der Waals surface area contributed by atoms with Gasteiger partial charge in [-0.2, -0.15) is 0 Å². The summed E-state index contributed by atoms with van der Waals surface area (Å²) in [5.41, 5.74) is 1.61. The van der Waals surface area contributed by atoms with E-state index in [4.69, 9.17) is 11.6 Å². The number of carbonyl (C=O) groups is 1. The number of H-pyrrole nitrogens is 1. The lowest BCUT2D eigenvalue weighted by atomic mass is 10.1. The number of alkyl halides is 1. The van der Waals surface area contributed by atoms with Gasteiger partial charge in [0, 0.05) is 11.8 Å². The molecule has 1 aromatic carbocycles. The van der Waals surface area contributed by atoms with Crippen molar-refractivity contribution in [2.75, 3.05) is 0 Å². The molecule has 6 heteroatoms. The zero-order valence-corrected chi connectivity index (χ0v) is 13.2. The van der Waals surface area contributed by atoms with Crippen LogP contribution in [0.2, 0.25) is 0 Å². The first kappa shape index (κ1) is 14.7. The van der Waals surface area contributed by atoms with Crippen molar-refractivity contribution in [3.8, 4) is 0 Å². The normalized spacial score (nSPS) is 11.2. The molecule has 0 saturated carbocycles. The zero-order valence-electron chi connectivity index (χ0n) is 12.5. The molecule has 0 unspecified atom stereocenters. The molecule has 3 aromatic heterocycles. The van der Waals surface area contributed by atoms with E-state index in [-0.39, 0.29) is 17.2 Å². The minimum absolute atomic E-state index is 0.0658. The number of benzene rings is 1. The average Bonchev–Trinajstić information content (AvgIpc) is 2.96. The molecule has 0 aliphatic carbocycles. The highest BCUT2D eigenvalue weighted by atomic mass is 35.5. The molecule has 0 spiro atoms. The van der Waals surface area contributed by atoms with E-state index in [9.17, 15) is 9.59 Å². The van der Waals surface area contributed by atoms with Crippen molar-refractivity contribution in [1.29, 1.82) is 0 Å². The van der Waals surface area contributed by atoms with E-state index in [0.717, 1.165) is 0 Å². The maximum Gasteiger partial charge on any atom is 0.261 e. The fourth-order valence-electron chi connectivity index (χ4n) is 2.89. The fraction of sp³-hybridized carbons (Fsp3) is 0.0556. The van der Waals surface area contributed by atoms with Crippen molar-refractivity contribution in [3.63, 3.8) is 0 Å². The van der Waals surface area contributed by atoms with Gasteiger partial charge in [-0.1, -0.05) is 36.4 Å². The maximum atomic E-state index is 13.0. The number of hydrogen-bond donors (Lipinski definition) is 1. The molecule has 0 saturated heterocycles. The standard InChI is InChI=1S/C18H12ClN3O2/c19-10-13-20-15-14(18(24)21-13)12-8-4-5-9-22(12)16(15)17(23)11-6-2-1-3-7-11/h1-9H,10H2,(H,20,21,24). The van der Waals surface area contributed by atoms with Crippen molar-refractivity contribution >= 4 is 33.8 Å². The monoisotopic (exact) mass is 337 g/mol. The number of rotatable bonds is 3. The molecule has 0 amide bonds. The van der Waals surface area contributed by atoms with E-state index < -0.39 is 0 Å². The number of carbonyl (C=O) groups excluding carboxylic acids is 1. The number of nitrogens with one attached hydrogen (secondary N) is 1. The number of aromatic nitrogens is 3. The second-order valence-electron chi connectivity index (χ2n) is 5.37. The number of nitrogens with zero attached hydrogens (tertiary/aromatic N) is 2. The van der Waals surface area contributed by atoms with Crippen LogP contribution in [-0.2, 0) is 5.88 Å². The number of ketones is 1. The molecule has 0 atom stereocenters. The van der Waals surface area contributed by atoms with Crippen LogP contribution in [0.5, 0.6) is 0 Å². The topological polar surface area (TPSA) is 67.2 Å². The molecule has 1 N–H and O–H groups in total. The van der Waals surface area contributed by atoms with Gasteiger partial charge in [0.1, 0.15) is 17.0 Å². The molecule has 0 bridgehead atoms. The molecule has 4 rings (SSSR count). The van der Waals surface area contributed by atoms with Gasteiger partial charge >= 0.3 is 0 Å². The summed E-state index contributed by atoms with van der Waals surface area (Å²) in [5.74, 6) is 0.216. The summed E-state index contributed by atoms with van der Waals surface area (Å²) in [6.07, 6.45) is 1.76. The predicted molar refractivity (Wildman–Crippen MR) is 92.8 cm³/mol. The number of pyridine rings is 1. The Kier molecular flexibility index (Phi) is 3.43. The molecule has 3 heterocycles. The Morgan fingerprint density at radius 1 is 1.12 bits per heavy atom. The molecule has 24 heavy (non-hydrogen) atoms. The van der Waals surface area contributed by atoms with Gasteiger partial charge in [-0.05, 0) is 12.1 Å². The predicted octanol–water partition coefficient (Wildman–Crippen LogP) is 3.15. The minimum atomic E-state index is -0.300. The molecule has 0 fully saturated rings. The SMILES string of the molecule is O=C(c1ccccc1)c1c2nc(CCl)[nH]c(=O)c2c2ccccn12. The Balaban J connectivity index is 2.15. The number of fused-ring (bicyclic) bond motifs is 3. The number of halogens is 1. The van der Waals surface area contributed by atoms with Crippen molar-refractivity contribution in [2.24, 2.45) is 0 Å². The lowest BCUT2D eigenvalue weighted by Crippen LogP contribution is -2.11. The van der Waals surface area contributed by atoms with Crippen LogP contribution in [0.25, 0.3) is 16.4 Å². The van der Waals surface area contributed by atoms with E-state index in [1.54, 1.807) is 40.9 Å². The molecule has 5 nitrogen and oxygen atoms in total. The minimum Gasteiger partial charge on any atom is -0.311 e. The van der Waals surface area contributed by atoms with Gasteiger partial charge in [0.15, 0.2) is 0 Å². The summed E-state index contributed by atoms with van der Waals surface area (Å²) in [5, 5.41) is 0.392. The Bertz CT molecular complexity index is 1130. The third-order valence-electron chi connectivity index (χ3n) is 3.93. The lowest BCUT2D eigenvalue weighted by Gasteiger charge is -2.03. The highest BCUT2D eigenvalue weighted by molar-refractivity contribution is 6.18. The lowest BCUT2D eigenvalue weighted by molar-refractivity contribution is 0.103. The van der Waals surface area contributed by atoms with Crippen LogP contribution in [0.15, 0.2) is 59.5 Å². The van der Waals surface area contributed by atoms with Crippen LogP contribution < -0.4 is 5.56 Å². The molecule has 0 aliphatic rings. The van der Waals surface area contributed by atoms with Crippen LogP contribution in [0, 0.1) is 0 Å². The maximum absolute atomic E-state index is 13.0. The average molecular weight is 338 g/mol. The summed E-state index contributed by atoms with van der Waals surface area (Å²) in [6.45, 7) is 0. The van der Waals surface area contributed by atoms with E-state index in [2.05, 4.69) is 9.97 Å². The van der Waals surface area contributed by atoms with Gasteiger partial charge in [0.2, 0.25) is 5.78 Å². The Labute approximate surface area is 141 Å². The van der Waals surface area contributed by atoms with E-state index in [1.165, 1.54) is 0 Å². The zero-order chi connectivity index (χ0) is 16.7. The fourth-order valence-corrected chi connectivity index (χ4v) is 3.02. The van der Waals surface area contributed by atoms with Crippen molar-refractivity contribution in [3.05, 3.63) is 82.2 Å². The Morgan fingerprint density at radius 3 is 2.62 bits per heavy atom. The van der Waals surface area contributed by atoms with Gasteiger partial charge in [-0.15, -0.1) is 11.6 Å². The first-order chi connectivity index (χ1) is 11.7. The third-order valence-corrected chi connectivity index (χ3v) is 4.18. The van der Waals surface area contributed by atoms with Crippen LogP contribution in [0.4, 0.5) is 0 Å². The van der Waals surface area contributed by atoms with Crippen LogP contribution >= 0.6 is 11.6 Å². The summed E-state index contributed by atoms with van der Waals surface area (Å²) >= 11 is 5.82. The van der Waals surface area contributed by atoms with E-state index >= 15 is 0 Å². The second-order valence-corrected chi connectivity index (χ2v) is 5.64. The summed E-state index contributed by atoms with van der Waals surface area (Å²) < 4.78 is 1.71. The summed E-state index contributed by atoms with van der Waals surface area (Å²) in [7, 11) is 0. The van der Waals surface area contributed by atoms with Crippen LogP contribution in [0.1, 0.15) is 21.9 Å². The first-order valence-electron chi connectivity index (χ1n) is 7.38. The third kappa shape index (κ3) is 2.13. The van der Waals surface area contributed by atoms with Crippen LogP contribution in [-0.4, -0.2) is 20.2 Å². The van der Waals surface area contributed by atoms with Crippen molar-refractivity contribution in [2.45, 2.75) is 5.88 Å². The van der Waals surface area contributed by atoms with Gasteiger partial charge in [-0.3, -0.25) is 9.59 Å². The van der Waals surface area contributed by atoms with Crippen molar-refractivity contribution < 1.29 is 4.79 Å². The van der Waals surface area contributed by atoms with E-state index in [1.807, 2.05) is 18.2 Å². The first-order valence-corrected chi connectivity index (χ1v) is 7.92. The molecule has 0 radical (unpaired) electrons. The largest absolute Gasteiger partial charge is 0.311 e. The van der Waals surface area contributed by atoms with Crippen molar-refractivity contribution in [1.82, 2.24) is 14.4 Å². The molecule has 4 aromatic rings. The Hall–Kier alpha value is -2.92. The van der Waals surface area contributed by atoms with Crippen LogP contribution in [0.3, 0.4) is 0 Å².